The highest BCUT2D eigenvalue weighted by Crippen LogP contribution is 2.42. The summed E-state index contributed by atoms with van der Waals surface area (Å²) in [6.45, 7) is 0. The van der Waals surface area contributed by atoms with E-state index in [-0.39, 0.29) is 6.17 Å². The zero-order chi connectivity index (χ0) is 34.2. The average molecular weight is 669 g/mol. The van der Waals surface area contributed by atoms with Crippen LogP contribution in [-0.4, -0.2) is 16.7 Å². The lowest BCUT2D eigenvalue weighted by molar-refractivity contribution is 0.653. The number of nitrogens with one attached hydrogen (secondary N) is 1. The highest BCUT2D eigenvalue weighted by molar-refractivity contribution is 6.23. The van der Waals surface area contributed by atoms with Gasteiger partial charge in [-0.25, -0.2) is 15.0 Å². The van der Waals surface area contributed by atoms with Crippen molar-refractivity contribution in [3.63, 3.8) is 0 Å². The number of fused-ring (bicyclic) bond motifs is 8. The molecule has 11 rings (SSSR count). The molecule has 0 fully saturated rings. The standard InChI is InChI=1S/C46H28N4O2/c1-2-11-28(12-3-1)43-48-44(32-21-20-27-10-4-5-13-29(27)24-32)50-45(49-43)37-22-23-47-46-40(37)36-19-9-17-34(42(36)52-46)33-16-8-18-35-38-25-30-14-6-7-15-31(30)26-39(38)51-41(33)35/h1-26,44H,(H,48,49,50). The molecule has 0 aliphatic carbocycles. The molecule has 52 heavy (non-hydrogen) atoms. The minimum absolute atomic E-state index is 0.355. The molecule has 6 heteroatoms. The lowest BCUT2D eigenvalue weighted by Gasteiger charge is -2.24. The van der Waals surface area contributed by atoms with Crippen molar-refractivity contribution in [1.29, 1.82) is 0 Å². The number of hydrogen-bond acceptors (Lipinski definition) is 6. The van der Waals surface area contributed by atoms with Gasteiger partial charge in [-0.1, -0.05) is 127 Å². The SMILES string of the molecule is c1ccc(C2=NC(c3ccc4ccccc4c3)NC(c3ccnc4oc5c(-c6cccc7c6oc6cc8ccccc8cc67)cccc5c34)=N2)cc1. The van der Waals surface area contributed by atoms with E-state index < -0.39 is 0 Å². The van der Waals surface area contributed by atoms with Crippen LogP contribution in [0, 0.1) is 0 Å². The van der Waals surface area contributed by atoms with Crippen LogP contribution < -0.4 is 5.32 Å². The van der Waals surface area contributed by atoms with Crippen molar-refractivity contribution in [2.24, 2.45) is 9.98 Å². The van der Waals surface area contributed by atoms with E-state index in [0.717, 1.165) is 76.9 Å². The molecule has 0 radical (unpaired) electrons. The molecule has 10 aromatic rings. The number of amidine groups is 2. The van der Waals surface area contributed by atoms with E-state index in [1.54, 1.807) is 6.20 Å². The number of furan rings is 2. The fourth-order valence-electron chi connectivity index (χ4n) is 7.68. The van der Waals surface area contributed by atoms with Gasteiger partial charge in [0.05, 0.1) is 5.39 Å². The Labute approximate surface area is 297 Å². The highest BCUT2D eigenvalue weighted by Gasteiger charge is 2.25. The van der Waals surface area contributed by atoms with Gasteiger partial charge in [0.25, 0.3) is 0 Å². The maximum absolute atomic E-state index is 6.66. The Balaban J connectivity index is 1.09. The van der Waals surface area contributed by atoms with Gasteiger partial charge in [-0.15, -0.1) is 0 Å². The first-order valence-electron chi connectivity index (χ1n) is 17.4. The van der Waals surface area contributed by atoms with E-state index in [4.69, 9.17) is 23.8 Å². The molecule has 0 amide bonds. The molecule has 1 aliphatic rings. The number of aliphatic imine (C=N–C) groups is 2. The third-order valence-corrected chi connectivity index (χ3v) is 10.2. The Morgan fingerprint density at radius 1 is 0.519 bits per heavy atom. The molecule has 4 heterocycles. The van der Waals surface area contributed by atoms with E-state index in [0.29, 0.717) is 17.4 Å². The number of rotatable bonds is 4. The van der Waals surface area contributed by atoms with Crippen molar-refractivity contribution >= 4 is 77.2 Å². The van der Waals surface area contributed by atoms with Crippen molar-refractivity contribution in [1.82, 2.24) is 10.3 Å². The number of hydrogen-bond donors (Lipinski definition) is 1. The zero-order valence-corrected chi connectivity index (χ0v) is 27.7. The first kappa shape index (κ1) is 28.8. The summed E-state index contributed by atoms with van der Waals surface area (Å²) in [6, 6.07) is 52.3. The summed E-state index contributed by atoms with van der Waals surface area (Å²) >= 11 is 0. The predicted molar refractivity (Wildman–Crippen MR) is 211 cm³/mol. The maximum atomic E-state index is 6.66. The summed E-state index contributed by atoms with van der Waals surface area (Å²) in [6.07, 6.45) is 1.43. The van der Waals surface area contributed by atoms with E-state index in [2.05, 4.69) is 121 Å². The average Bonchev–Trinajstić information content (AvgIpc) is 3.78. The van der Waals surface area contributed by atoms with E-state index in [1.165, 1.54) is 10.8 Å². The topological polar surface area (TPSA) is 75.9 Å². The second-order valence-electron chi connectivity index (χ2n) is 13.2. The smallest absolute Gasteiger partial charge is 0.228 e. The predicted octanol–water partition coefficient (Wildman–Crippen LogP) is 11.3. The summed E-state index contributed by atoms with van der Waals surface area (Å²) in [5.74, 6) is 1.37. The van der Waals surface area contributed by atoms with Crippen molar-refractivity contribution in [3.05, 3.63) is 175 Å². The Kier molecular flexibility index (Phi) is 6.21. The normalized spacial score (nSPS) is 14.7. The molecule has 0 saturated carbocycles. The zero-order valence-electron chi connectivity index (χ0n) is 27.7. The fraction of sp³-hybridized carbons (Fsp3) is 0.0217. The summed E-state index contributed by atoms with van der Waals surface area (Å²) < 4.78 is 13.3. The molecule has 3 aromatic heterocycles. The van der Waals surface area contributed by atoms with Gasteiger partial charge in [0, 0.05) is 44.6 Å². The Morgan fingerprint density at radius 3 is 2.02 bits per heavy atom. The van der Waals surface area contributed by atoms with Gasteiger partial charge in [-0.05, 0) is 51.4 Å². The number of aromatic nitrogens is 1. The molecular weight excluding hydrogens is 641 g/mol. The summed E-state index contributed by atoms with van der Waals surface area (Å²) in [7, 11) is 0. The molecule has 0 spiro atoms. The van der Waals surface area contributed by atoms with Gasteiger partial charge in [-0.2, -0.15) is 0 Å². The van der Waals surface area contributed by atoms with Gasteiger partial charge < -0.3 is 14.2 Å². The first-order valence-corrected chi connectivity index (χ1v) is 17.4. The summed E-state index contributed by atoms with van der Waals surface area (Å²) in [5.41, 5.74) is 7.77. The minimum atomic E-state index is -0.355. The third-order valence-electron chi connectivity index (χ3n) is 10.2. The van der Waals surface area contributed by atoms with Crippen LogP contribution in [0.2, 0.25) is 0 Å². The molecule has 244 valence electrons. The minimum Gasteiger partial charge on any atom is -0.455 e. The molecule has 0 saturated heterocycles. The van der Waals surface area contributed by atoms with Gasteiger partial charge in [-0.3, -0.25) is 0 Å². The molecule has 7 aromatic carbocycles. The Morgan fingerprint density at radius 2 is 1.21 bits per heavy atom. The highest BCUT2D eigenvalue weighted by atomic mass is 16.3. The Bertz CT molecular complexity index is 3120. The fourth-order valence-corrected chi connectivity index (χ4v) is 7.68. The number of pyridine rings is 1. The molecule has 6 nitrogen and oxygen atoms in total. The van der Waals surface area contributed by atoms with Gasteiger partial charge in [0.15, 0.2) is 5.84 Å². The van der Waals surface area contributed by atoms with E-state index in [1.807, 2.05) is 36.4 Å². The van der Waals surface area contributed by atoms with Crippen LogP contribution in [0.25, 0.3) is 76.7 Å². The van der Waals surface area contributed by atoms with Crippen LogP contribution in [0.4, 0.5) is 0 Å². The monoisotopic (exact) mass is 668 g/mol. The molecular formula is C46H28N4O2. The molecule has 1 aliphatic heterocycles. The van der Waals surface area contributed by atoms with Crippen molar-refractivity contribution < 1.29 is 8.83 Å². The molecule has 1 unspecified atom stereocenters. The quantitative estimate of drug-likeness (QED) is 0.202. The van der Waals surface area contributed by atoms with Gasteiger partial charge in [0.1, 0.15) is 28.8 Å². The summed E-state index contributed by atoms with van der Waals surface area (Å²) in [5, 5.41) is 12.4. The van der Waals surface area contributed by atoms with Gasteiger partial charge in [0.2, 0.25) is 5.71 Å². The van der Waals surface area contributed by atoms with Crippen LogP contribution in [0.15, 0.2) is 177 Å². The largest absolute Gasteiger partial charge is 0.455 e. The van der Waals surface area contributed by atoms with Crippen molar-refractivity contribution in [2.75, 3.05) is 0 Å². The molecule has 1 N–H and O–H groups in total. The van der Waals surface area contributed by atoms with Crippen LogP contribution >= 0.6 is 0 Å². The maximum Gasteiger partial charge on any atom is 0.228 e. The number of nitrogens with zero attached hydrogens (tertiary/aromatic N) is 3. The molecule has 0 bridgehead atoms. The lowest BCUT2D eigenvalue weighted by Crippen LogP contribution is -2.33. The van der Waals surface area contributed by atoms with E-state index >= 15 is 0 Å². The molecule has 1 atom stereocenters. The number of benzene rings is 7. The second kappa shape index (κ2) is 11.2. The second-order valence-corrected chi connectivity index (χ2v) is 13.2. The van der Waals surface area contributed by atoms with E-state index in [9.17, 15) is 0 Å². The lowest BCUT2D eigenvalue weighted by atomic mass is 9.98. The summed E-state index contributed by atoms with van der Waals surface area (Å²) in [4.78, 5) is 15.0. The third kappa shape index (κ3) is 4.48. The van der Waals surface area contributed by atoms with Gasteiger partial charge >= 0.3 is 0 Å². The first-order chi connectivity index (χ1) is 25.7. The van der Waals surface area contributed by atoms with Crippen LogP contribution in [0.1, 0.15) is 22.9 Å². The Hall–Kier alpha value is -7.05. The van der Waals surface area contributed by atoms with Crippen molar-refractivity contribution in [2.45, 2.75) is 6.17 Å². The number of para-hydroxylation sites is 2. The van der Waals surface area contributed by atoms with Crippen LogP contribution in [-0.2, 0) is 0 Å². The van der Waals surface area contributed by atoms with Crippen LogP contribution in [0.5, 0.6) is 0 Å². The van der Waals surface area contributed by atoms with Crippen LogP contribution in [0.3, 0.4) is 0 Å². The van der Waals surface area contributed by atoms with Crippen molar-refractivity contribution in [3.8, 4) is 11.1 Å².